The van der Waals surface area contributed by atoms with Gasteiger partial charge < -0.3 is 41.3 Å². The van der Waals surface area contributed by atoms with E-state index in [-0.39, 0.29) is 48.0 Å². The summed E-state index contributed by atoms with van der Waals surface area (Å²) >= 11 is 0. The highest BCUT2D eigenvalue weighted by molar-refractivity contribution is 6.00. The second-order valence-electron chi connectivity index (χ2n) is 18.8. The van der Waals surface area contributed by atoms with Crippen molar-refractivity contribution in [2.45, 2.75) is 172 Å². The third-order valence-electron chi connectivity index (χ3n) is 16.4. The number of allylic oxidation sites excluding steroid dienone is 1. The molecule has 16 atom stereocenters. The number of ketones is 1. The Hall–Kier alpha value is -0.910. The number of unbranched alkanes of at least 4 members (excludes halogenated alkanes) is 3. The first kappa shape index (κ1) is 37.4. The van der Waals surface area contributed by atoms with Crippen LogP contribution in [-0.4, -0.2) is 86.3 Å². The highest BCUT2D eigenvalue weighted by Gasteiger charge is 2.74. The minimum absolute atomic E-state index is 0.0173. The molecular weight excluding hydrogens is 632 g/mol. The Morgan fingerprint density at radius 2 is 1.84 bits per heavy atom. The van der Waals surface area contributed by atoms with Gasteiger partial charge in [0.2, 0.25) is 0 Å². The number of nitrogens with two attached hydrogens (primary N) is 1. The molecule has 2 heterocycles. The zero-order chi connectivity index (χ0) is 35.8. The van der Waals surface area contributed by atoms with Crippen molar-refractivity contribution in [2.24, 2.45) is 58.0 Å². The summed E-state index contributed by atoms with van der Waals surface area (Å²) < 4.78 is 6.29. The van der Waals surface area contributed by atoms with Gasteiger partial charge in [-0.3, -0.25) is 4.79 Å². The zero-order valence-electron chi connectivity index (χ0n) is 31.3. The molecule has 0 aromatic rings. The van der Waals surface area contributed by atoms with Crippen molar-refractivity contribution in [3.05, 3.63) is 11.1 Å². The predicted molar refractivity (Wildman–Crippen MR) is 192 cm³/mol. The van der Waals surface area contributed by atoms with Crippen LogP contribution in [0.2, 0.25) is 0 Å². The molecule has 5 aliphatic carbocycles. The van der Waals surface area contributed by atoms with Gasteiger partial charge in [0.25, 0.3) is 0 Å². The Morgan fingerprint density at radius 3 is 2.56 bits per heavy atom. The van der Waals surface area contributed by atoms with Gasteiger partial charge in [-0.2, -0.15) is 0 Å². The molecule has 5 fully saturated rings. The van der Waals surface area contributed by atoms with Crippen LogP contribution >= 0.6 is 0 Å². The number of carbonyl (C=O) groups is 1. The summed E-state index contributed by atoms with van der Waals surface area (Å²) in [6.45, 7) is 9.70. The lowest BCUT2D eigenvalue weighted by Crippen LogP contribution is -2.66. The molecule has 0 radical (unpaired) electrons. The molecule has 2 aliphatic heterocycles. The van der Waals surface area contributed by atoms with E-state index >= 15 is 0 Å². The van der Waals surface area contributed by atoms with Crippen LogP contribution in [0.5, 0.6) is 0 Å². The Labute approximate surface area is 300 Å². The van der Waals surface area contributed by atoms with Gasteiger partial charge in [-0.25, -0.2) is 0 Å². The minimum atomic E-state index is -1.50. The van der Waals surface area contributed by atoms with Crippen molar-refractivity contribution in [3.8, 4) is 0 Å². The molecule has 2 saturated heterocycles. The molecule has 7 aliphatic rings. The second-order valence-corrected chi connectivity index (χ2v) is 18.8. The van der Waals surface area contributed by atoms with Gasteiger partial charge in [0.1, 0.15) is 6.10 Å². The van der Waals surface area contributed by atoms with Crippen molar-refractivity contribution in [1.29, 1.82) is 0 Å². The standard InChI is InChI=1S/C41H68N2O7/c1-5-6-7-8-9-25-22-50-36(23(25)2)37(47)39(4,48)32-18-26-11-12-27-34-28(15-16-38(32,3)41(26,34)49)40(17-14-24-10-13-33(42)43-21-24)20-31(45)30(44)19-29(40)35(27)46/h23-26,28-33,36-37,43-45,47-49H,5-22,42H2,1-4H3/t23-,24?,25-,26-,28-,29-,30+,31-,32+,33?,36+,37+,38+,39+,40-,41+/m0/s1. The SMILES string of the molecule is CCCCCC[C@H]1CO[C@@H]([C@@H](O)[C@](C)(O)[C@@H]2C[C@@H]3CCC4=C5[C@H](CC[C@@]2(C)[C@]53O)[C@]2(CCC3CCC(N)NC3)C[C@H](O)[C@H](O)C[C@H]2C4=O)[C@H]1C. The number of hydrogen-bond donors (Lipinski definition) is 7. The van der Waals surface area contributed by atoms with Crippen molar-refractivity contribution in [1.82, 2.24) is 5.32 Å². The number of Topliss-reactive ketones (excluding diaryl/α,β-unsaturated/α-hetero) is 1. The highest BCUT2D eigenvalue weighted by Crippen LogP contribution is 2.74. The fraction of sp³-hybridized carbons (Fsp3) is 0.927. The Balaban J connectivity index is 1.19. The number of aliphatic hydroxyl groups excluding tert-OH is 3. The van der Waals surface area contributed by atoms with E-state index in [1.54, 1.807) is 6.92 Å². The number of rotatable bonds is 11. The molecule has 2 unspecified atom stereocenters. The number of hydrogen-bond acceptors (Lipinski definition) is 9. The molecule has 284 valence electrons. The molecule has 0 bridgehead atoms. The summed E-state index contributed by atoms with van der Waals surface area (Å²) in [6.07, 6.45) is 10.0. The van der Waals surface area contributed by atoms with Crippen LogP contribution in [0, 0.1) is 52.3 Å². The van der Waals surface area contributed by atoms with Crippen LogP contribution < -0.4 is 11.1 Å². The summed E-state index contributed by atoms with van der Waals surface area (Å²) in [5, 5.41) is 63.5. The first-order chi connectivity index (χ1) is 23.7. The van der Waals surface area contributed by atoms with Gasteiger partial charge in [-0.15, -0.1) is 0 Å². The smallest absolute Gasteiger partial charge is 0.162 e. The maximum atomic E-state index is 14.7. The normalized spacial score (nSPS) is 49.0. The molecule has 0 amide bonds. The lowest BCUT2D eigenvalue weighted by molar-refractivity contribution is -0.200. The van der Waals surface area contributed by atoms with Crippen LogP contribution in [0.3, 0.4) is 0 Å². The summed E-state index contributed by atoms with van der Waals surface area (Å²) in [7, 11) is 0. The molecule has 50 heavy (non-hydrogen) atoms. The largest absolute Gasteiger partial charge is 0.390 e. The van der Waals surface area contributed by atoms with E-state index in [2.05, 4.69) is 26.1 Å². The van der Waals surface area contributed by atoms with Crippen molar-refractivity contribution >= 4 is 5.78 Å². The van der Waals surface area contributed by atoms with Crippen molar-refractivity contribution in [3.63, 3.8) is 0 Å². The average Bonchev–Trinajstić information content (AvgIpc) is 3.57. The maximum absolute atomic E-state index is 14.7. The van der Waals surface area contributed by atoms with Gasteiger partial charge in [0.05, 0.1) is 42.3 Å². The van der Waals surface area contributed by atoms with Crippen LogP contribution in [-0.2, 0) is 9.53 Å². The number of ether oxygens (including phenoxy) is 1. The van der Waals surface area contributed by atoms with Gasteiger partial charge >= 0.3 is 0 Å². The Morgan fingerprint density at radius 1 is 1.06 bits per heavy atom. The molecule has 9 nitrogen and oxygen atoms in total. The third kappa shape index (κ3) is 5.65. The highest BCUT2D eigenvalue weighted by atomic mass is 16.5. The number of aliphatic hydroxyl groups is 5. The van der Waals surface area contributed by atoms with Gasteiger partial charge in [0.15, 0.2) is 5.78 Å². The first-order valence-corrected chi connectivity index (χ1v) is 20.6. The summed E-state index contributed by atoms with van der Waals surface area (Å²) in [4.78, 5) is 14.7. The molecule has 9 heteroatoms. The predicted octanol–water partition coefficient (Wildman–Crippen LogP) is 4.36. The lowest BCUT2D eigenvalue weighted by Gasteiger charge is -2.64. The van der Waals surface area contributed by atoms with E-state index in [1.165, 1.54) is 19.3 Å². The van der Waals surface area contributed by atoms with Gasteiger partial charge in [-0.1, -0.05) is 46.5 Å². The summed E-state index contributed by atoms with van der Waals surface area (Å²) in [6, 6.07) is 0. The fourth-order valence-corrected chi connectivity index (χ4v) is 13.4. The van der Waals surface area contributed by atoms with Crippen molar-refractivity contribution < 1.29 is 35.1 Å². The average molecular weight is 701 g/mol. The minimum Gasteiger partial charge on any atom is -0.390 e. The fourth-order valence-electron chi connectivity index (χ4n) is 13.4. The van der Waals surface area contributed by atoms with E-state index in [4.69, 9.17) is 10.5 Å². The van der Waals surface area contributed by atoms with Crippen LogP contribution in [0.15, 0.2) is 11.1 Å². The monoisotopic (exact) mass is 701 g/mol. The van der Waals surface area contributed by atoms with Crippen molar-refractivity contribution in [2.75, 3.05) is 13.2 Å². The van der Waals surface area contributed by atoms with Gasteiger partial charge in [-0.05, 0) is 143 Å². The quantitative estimate of drug-likeness (QED) is 0.155. The maximum Gasteiger partial charge on any atom is 0.162 e. The molecule has 7 rings (SSSR count). The van der Waals surface area contributed by atoms with E-state index in [9.17, 15) is 30.3 Å². The third-order valence-corrected chi connectivity index (χ3v) is 16.4. The summed E-state index contributed by atoms with van der Waals surface area (Å²) in [5.74, 6) is 0.0310. The molecular formula is C41H68N2O7. The molecule has 8 N–H and O–H groups in total. The zero-order valence-corrected chi connectivity index (χ0v) is 31.3. The van der Waals surface area contributed by atoms with E-state index in [1.807, 2.05) is 0 Å². The number of fused-ring (bicyclic) bond motifs is 2. The number of nitrogens with one attached hydrogen (secondary N) is 1. The van der Waals surface area contributed by atoms with Gasteiger partial charge in [0, 0.05) is 11.3 Å². The second kappa shape index (κ2) is 13.7. The number of piperidine rings is 1. The van der Waals surface area contributed by atoms with E-state index < -0.39 is 46.4 Å². The van der Waals surface area contributed by atoms with Crippen LogP contribution in [0.1, 0.15) is 130 Å². The van der Waals surface area contributed by atoms with E-state index in [0.717, 1.165) is 62.6 Å². The molecule has 0 spiro atoms. The Bertz CT molecular complexity index is 1300. The number of carbonyl (C=O) groups excluding carboxylic acids is 1. The Kier molecular flexibility index (Phi) is 10.3. The molecule has 0 aromatic carbocycles. The summed E-state index contributed by atoms with van der Waals surface area (Å²) in [5.41, 5.74) is 3.73. The van der Waals surface area contributed by atoms with Crippen LogP contribution in [0.4, 0.5) is 0 Å². The van der Waals surface area contributed by atoms with Crippen LogP contribution in [0.25, 0.3) is 0 Å². The first-order valence-electron chi connectivity index (χ1n) is 20.6. The van der Waals surface area contributed by atoms with E-state index in [0.29, 0.717) is 50.5 Å². The molecule has 3 saturated carbocycles. The topological polar surface area (TPSA) is 165 Å². The lowest BCUT2D eigenvalue weighted by atomic mass is 9.41. The molecule has 0 aromatic heterocycles.